The molecule has 0 aromatic heterocycles. The Kier molecular flexibility index (Phi) is 4.66. The average molecular weight is 318 g/mol. The molecule has 2 aromatic rings. The summed E-state index contributed by atoms with van der Waals surface area (Å²) in [7, 11) is 0. The van der Waals surface area contributed by atoms with E-state index in [0.29, 0.717) is 5.56 Å². The van der Waals surface area contributed by atoms with Crippen molar-refractivity contribution in [3.8, 4) is 0 Å². The van der Waals surface area contributed by atoms with E-state index in [2.05, 4.69) is 13.8 Å². The van der Waals surface area contributed by atoms with Crippen molar-refractivity contribution in [2.45, 2.75) is 32.3 Å². The molecule has 0 amide bonds. The highest BCUT2D eigenvalue weighted by Crippen LogP contribution is 2.42. The third-order valence-electron chi connectivity index (χ3n) is 4.66. The van der Waals surface area contributed by atoms with E-state index < -0.39 is 5.60 Å². The first-order chi connectivity index (χ1) is 11.7. The van der Waals surface area contributed by atoms with Crippen LogP contribution < -0.4 is 0 Å². The number of rotatable bonds is 5. The monoisotopic (exact) mass is 318 g/mol. The molecule has 1 heterocycles. The quantitative estimate of drug-likeness (QED) is 0.543. The van der Waals surface area contributed by atoms with Crippen LogP contribution in [-0.4, -0.2) is 11.4 Å². The van der Waals surface area contributed by atoms with Crippen molar-refractivity contribution in [1.29, 1.82) is 0 Å². The van der Waals surface area contributed by atoms with Gasteiger partial charge in [-0.3, -0.25) is 4.79 Å². The lowest BCUT2D eigenvalue weighted by molar-refractivity contribution is 0.0830. The molecule has 2 nitrogen and oxygen atoms in total. The van der Waals surface area contributed by atoms with E-state index in [1.165, 1.54) is 0 Å². The van der Waals surface area contributed by atoms with E-state index in [1.807, 2.05) is 66.7 Å². The van der Waals surface area contributed by atoms with Crippen molar-refractivity contribution in [1.82, 2.24) is 0 Å². The van der Waals surface area contributed by atoms with Crippen molar-refractivity contribution in [3.05, 3.63) is 89.5 Å². The molecular weight excluding hydrogens is 296 g/mol. The standard InChI is InChI=1S/C22H22O2/c1-3-22(4-2)19(15-20(23)17-11-7-5-8-12-17)16-21(24-22)18-13-9-6-10-14-18/h5-16H,3-4H2,1-2H3/b19-15+. The summed E-state index contributed by atoms with van der Waals surface area (Å²) in [5.74, 6) is 0.859. The second-order valence-electron chi connectivity index (χ2n) is 6.01. The molecule has 0 unspecified atom stereocenters. The number of hydrogen-bond donors (Lipinski definition) is 0. The summed E-state index contributed by atoms with van der Waals surface area (Å²) in [5, 5.41) is 0. The van der Waals surface area contributed by atoms with Crippen LogP contribution in [0.25, 0.3) is 5.76 Å². The Morgan fingerprint density at radius 3 is 2.12 bits per heavy atom. The molecule has 0 spiro atoms. The Morgan fingerprint density at radius 1 is 0.958 bits per heavy atom. The predicted octanol–water partition coefficient (Wildman–Crippen LogP) is 5.43. The van der Waals surface area contributed by atoms with Gasteiger partial charge in [-0.05, 0) is 25.0 Å². The van der Waals surface area contributed by atoms with Crippen LogP contribution in [0, 0.1) is 0 Å². The Morgan fingerprint density at radius 2 is 1.54 bits per heavy atom. The average Bonchev–Trinajstić information content (AvgIpc) is 3.02. The highest BCUT2D eigenvalue weighted by Gasteiger charge is 2.38. The lowest BCUT2D eigenvalue weighted by Crippen LogP contribution is -2.29. The van der Waals surface area contributed by atoms with Crippen LogP contribution in [0.1, 0.15) is 42.6 Å². The van der Waals surface area contributed by atoms with Gasteiger partial charge in [-0.1, -0.05) is 74.5 Å². The van der Waals surface area contributed by atoms with E-state index in [0.717, 1.165) is 29.7 Å². The normalized spacial score (nSPS) is 17.4. The molecule has 0 radical (unpaired) electrons. The molecule has 0 saturated carbocycles. The number of carbonyl (C=O) groups is 1. The van der Waals surface area contributed by atoms with Gasteiger partial charge in [0.1, 0.15) is 11.4 Å². The van der Waals surface area contributed by atoms with Crippen LogP contribution >= 0.6 is 0 Å². The SMILES string of the molecule is CCC1(CC)OC(c2ccccc2)=C/C1=C\C(=O)c1ccccc1. The smallest absolute Gasteiger partial charge is 0.186 e. The topological polar surface area (TPSA) is 26.3 Å². The largest absolute Gasteiger partial charge is 0.482 e. The minimum Gasteiger partial charge on any atom is -0.482 e. The summed E-state index contributed by atoms with van der Waals surface area (Å²) in [4.78, 5) is 12.6. The fraction of sp³-hybridized carbons (Fsp3) is 0.227. The van der Waals surface area contributed by atoms with E-state index in [9.17, 15) is 4.79 Å². The van der Waals surface area contributed by atoms with Gasteiger partial charge in [0, 0.05) is 16.7 Å². The molecule has 3 rings (SSSR count). The number of allylic oxidation sites excluding steroid dienone is 1. The number of hydrogen-bond acceptors (Lipinski definition) is 2. The third-order valence-corrected chi connectivity index (χ3v) is 4.66. The third kappa shape index (κ3) is 3.05. The lowest BCUT2D eigenvalue weighted by atomic mass is 9.88. The zero-order valence-electron chi connectivity index (χ0n) is 14.2. The van der Waals surface area contributed by atoms with Crippen molar-refractivity contribution >= 4 is 11.5 Å². The van der Waals surface area contributed by atoms with E-state index in [-0.39, 0.29) is 5.78 Å². The van der Waals surface area contributed by atoms with Gasteiger partial charge in [0.05, 0.1) is 0 Å². The first-order valence-electron chi connectivity index (χ1n) is 8.46. The minimum absolute atomic E-state index is 0.0195. The molecular formula is C22H22O2. The van der Waals surface area contributed by atoms with Gasteiger partial charge in [0.2, 0.25) is 0 Å². The van der Waals surface area contributed by atoms with Crippen molar-refractivity contribution < 1.29 is 9.53 Å². The van der Waals surface area contributed by atoms with Gasteiger partial charge in [-0.2, -0.15) is 0 Å². The number of ketones is 1. The number of carbonyl (C=O) groups excluding carboxylic acids is 1. The summed E-state index contributed by atoms with van der Waals surface area (Å²) in [6.45, 7) is 4.21. The Labute approximate surface area is 143 Å². The summed E-state index contributed by atoms with van der Waals surface area (Å²) in [6, 6.07) is 19.4. The fourth-order valence-electron chi connectivity index (χ4n) is 3.12. The van der Waals surface area contributed by atoms with Gasteiger partial charge >= 0.3 is 0 Å². The molecule has 0 saturated heterocycles. The van der Waals surface area contributed by atoms with Crippen LogP contribution in [0.4, 0.5) is 0 Å². The van der Waals surface area contributed by atoms with Crippen LogP contribution in [-0.2, 0) is 4.74 Å². The zero-order chi connectivity index (χ0) is 17.0. The molecule has 0 atom stereocenters. The lowest BCUT2D eigenvalue weighted by Gasteiger charge is -2.29. The van der Waals surface area contributed by atoms with Crippen molar-refractivity contribution in [2.24, 2.45) is 0 Å². The number of ether oxygens (including phenoxy) is 1. The second-order valence-corrected chi connectivity index (χ2v) is 6.01. The molecule has 1 aliphatic rings. The van der Waals surface area contributed by atoms with Gasteiger partial charge in [-0.15, -0.1) is 0 Å². The highest BCUT2D eigenvalue weighted by molar-refractivity contribution is 6.05. The number of benzene rings is 2. The van der Waals surface area contributed by atoms with Crippen LogP contribution in [0.2, 0.25) is 0 Å². The van der Waals surface area contributed by atoms with E-state index in [4.69, 9.17) is 4.74 Å². The zero-order valence-corrected chi connectivity index (χ0v) is 14.2. The summed E-state index contributed by atoms with van der Waals surface area (Å²) < 4.78 is 6.32. The molecule has 0 N–H and O–H groups in total. The maximum Gasteiger partial charge on any atom is 0.186 e. The molecule has 2 heteroatoms. The Balaban J connectivity index is 2.00. The molecule has 1 aliphatic heterocycles. The Bertz CT molecular complexity index is 766. The van der Waals surface area contributed by atoms with Gasteiger partial charge in [0.15, 0.2) is 5.78 Å². The van der Waals surface area contributed by atoms with Gasteiger partial charge in [0.25, 0.3) is 0 Å². The van der Waals surface area contributed by atoms with E-state index in [1.54, 1.807) is 6.08 Å². The second kappa shape index (κ2) is 6.88. The van der Waals surface area contributed by atoms with Crippen molar-refractivity contribution in [2.75, 3.05) is 0 Å². The maximum atomic E-state index is 12.6. The van der Waals surface area contributed by atoms with Crippen LogP contribution in [0.5, 0.6) is 0 Å². The van der Waals surface area contributed by atoms with Gasteiger partial charge < -0.3 is 4.74 Å². The first-order valence-corrected chi connectivity index (χ1v) is 8.46. The van der Waals surface area contributed by atoms with Gasteiger partial charge in [-0.25, -0.2) is 0 Å². The summed E-state index contributed by atoms with van der Waals surface area (Å²) in [6.07, 6.45) is 5.40. The maximum absolute atomic E-state index is 12.6. The van der Waals surface area contributed by atoms with Crippen LogP contribution in [0.3, 0.4) is 0 Å². The molecule has 2 aromatic carbocycles. The Hall–Kier alpha value is -2.61. The minimum atomic E-state index is -0.421. The molecule has 0 bridgehead atoms. The van der Waals surface area contributed by atoms with Crippen molar-refractivity contribution in [3.63, 3.8) is 0 Å². The van der Waals surface area contributed by atoms with E-state index >= 15 is 0 Å². The van der Waals surface area contributed by atoms with Crippen LogP contribution in [0.15, 0.2) is 78.4 Å². The molecule has 0 aliphatic carbocycles. The fourth-order valence-corrected chi connectivity index (χ4v) is 3.12. The summed E-state index contributed by atoms with van der Waals surface area (Å²) in [5.41, 5.74) is 2.28. The highest BCUT2D eigenvalue weighted by atomic mass is 16.5. The first kappa shape index (κ1) is 16.3. The molecule has 24 heavy (non-hydrogen) atoms. The molecule has 122 valence electrons. The summed E-state index contributed by atoms with van der Waals surface area (Å²) >= 11 is 0. The molecule has 0 fully saturated rings. The predicted molar refractivity (Wildman–Crippen MR) is 97.7 cm³/mol.